The first-order chi connectivity index (χ1) is 11.7. The van der Waals surface area contributed by atoms with Gasteiger partial charge in [0.05, 0.1) is 5.69 Å². The summed E-state index contributed by atoms with van der Waals surface area (Å²) in [6, 6.07) is 9.70. The maximum atomic E-state index is 12.8. The number of oxazole rings is 1. The van der Waals surface area contributed by atoms with Gasteiger partial charge in [-0.3, -0.25) is 4.79 Å². The highest BCUT2D eigenvalue weighted by molar-refractivity contribution is 5.93. The van der Waals surface area contributed by atoms with Crippen molar-refractivity contribution in [2.24, 2.45) is 5.92 Å². The standard InChI is InChI=1S/C19H25N3O2/c1-14-17(24-18(21-14)16-6-4-3-5-7-16)19(23)22-12-9-15(10-13-22)8-11-20-2/h3-7,15,20H,8-13H2,1-2H3. The molecule has 1 aliphatic rings. The highest BCUT2D eigenvalue weighted by Gasteiger charge is 2.27. The Bertz CT molecular complexity index is 673. The zero-order valence-corrected chi connectivity index (χ0v) is 14.4. The Balaban J connectivity index is 1.67. The van der Waals surface area contributed by atoms with E-state index in [2.05, 4.69) is 10.3 Å². The lowest BCUT2D eigenvalue weighted by Crippen LogP contribution is -2.39. The number of aryl methyl sites for hydroxylation is 1. The van der Waals surface area contributed by atoms with E-state index in [9.17, 15) is 4.79 Å². The molecule has 1 saturated heterocycles. The number of carbonyl (C=O) groups excluding carboxylic acids is 1. The van der Waals surface area contributed by atoms with Crippen molar-refractivity contribution in [1.82, 2.24) is 15.2 Å². The van der Waals surface area contributed by atoms with E-state index in [1.807, 2.05) is 49.2 Å². The fourth-order valence-corrected chi connectivity index (χ4v) is 3.22. The smallest absolute Gasteiger partial charge is 0.291 e. The van der Waals surface area contributed by atoms with E-state index in [1.165, 1.54) is 6.42 Å². The van der Waals surface area contributed by atoms with E-state index >= 15 is 0 Å². The molecule has 1 amide bonds. The lowest BCUT2D eigenvalue weighted by atomic mass is 9.93. The Kier molecular flexibility index (Phi) is 5.30. The van der Waals surface area contributed by atoms with Gasteiger partial charge in [0, 0.05) is 18.7 Å². The Morgan fingerprint density at radius 3 is 2.67 bits per heavy atom. The van der Waals surface area contributed by atoms with E-state index in [0.717, 1.165) is 38.0 Å². The molecule has 2 heterocycles. The summed E-state index contributed by atoms with van der Waals surface area (Å²) < 4.78 is 5.79. The van der Waals surface area contributed by atoms with E-state index in [0.29, 0.717) is 23.3 Å². The third kappa shape index (κ3) is 3.67. The predicted octanol–water partition coefficient (Wildman–Crippen LogP) is 3.11. The molecule has 24 heavy (non-hydrogen) atoms. The number of carbonyl (C=O) groups is 1. The second-order valence-electron chi connectivity index (χ2n) is 6.43. The van der Waals surface area contributed by atoms with Gasteiger partial charge in [-0.15, -0.1) is 0 Å². The van der Waals surface area contributed by atoms with Gasteiger partial charge in [-0.2, -0.15) is 0 Å². The molecule has 1 aromatic heterocycles. The minimum absolute atomic E-state index is 0.0331. The van der Waals surface area contributed by atoms with Gasteiger partial charge >= 0.3 is 0 Å². The summed E-state index contributed by atoms with van der Waals surface area (Å²) in [5.74, 6) is 1.56. The molecule has 0 aliphatic carbocycles. The van der Waals surface area contributed by atoms with Gasteiger partial charge in [0.25, 0.3) is 5.91 Å². The van der Waals surface area contributed by atoms with Crippen molar-refractivity contribution in [3.05, 3.63) is 41.8 Å². The van der Waals surface area contributed by atoms with Crippen molar-refractivity contribution < 1.29 is 9.21 Å². The second kappa shape index (κ2) is 7.62. The summed E-state index contributed by atoms with van der Waals surface area (Å²) in [5.41, 5.74) is 1.56. The zero-order chi connectivity index (χ0) is 16.9. The lowest BCUT2D eigenvalue weighted by molar-refractivity contribution is 0.0655. The van der Waals surface area contributed by atoms with Gasteiger partial charge in [-0.05, 0) is 57.8 Å². The number of likely N-dealkylation sites (tertiary alicyclic amines) is 1. The minimum atomic E-state index is -0.0331. The van der Waals surface area contributed by atoms with E-state index in [4.69, 9.17) is 4.42 Å². The van der Waals surface area contributed by atoms with Gasteiger partial charge in [-0.1, -0.05) is 18.2 Å². The van der Waals surface area contributed by atoms with Crippen LogP contribution in [0.3, 0.4) is 0 Å². The number of nitrogens with one attached hydrogen (secondary N) is 1. The summed E-state index contributed by atoms with van der Waals surface area (Å²) in [6.45, 7) is 4.48. The van der Waals surface area contributed by atoms with Crippen LogP contribution in [0, 0.1) is 12.8 Å². The van der Waals surface area contributed by atoms with Crippen LogP contribution in [-0.4, -0.2) is 42.5 Å². The van der Waals surface area contributed by atoms with Crippen molar-refractivity contribution >= 4 is 5.91 Å². The average Bonchev–Trinajstić information content (AvgIpc) is 3.02. The van der Waals surface area contributed by atoms with Crippen LogP contribution in [0.15, 0.2) is 34.7 Å². The van der Waals surface area contributed by atoms with Crippen LogP contribution in [0.2, 0.25) is 0 Å². The summed E-state index contributed by atoms with van der Waals surface area (Å²) in [7, 11) is 1.98. The fourth-order valence-electron chi connectivity index (χ4n) is 3.22. The molecule has 0 atom stereocenters. The molecule has 1 N–H and O–H groups in total. The molecule has 5 nitrogen and oxygen atoms in total. The number of nitrogens with zero attached hydrogens (tertiary/aromatic N) is 2. The first-order valence-corrected chi connectivity index (χ1v) is 8.65. The highest BCUT2D eigenvalue weighted by atomic mass is 16.4. The maximum absolute atomic E-state index is 12.8. The monoisotopic (exact) mass is 327 g/mol. The number of hydrogen-bond donors (Lipinski definition) is 1. The first kappa shape index (κ1) is 16.7. The van der Waals surface area contributed by atoms with Crippen LogP contribution in [0.4, 0.5) is 0 Å². The summed E-state index contributed by atoms with van der Waals surface area (Å²) >= 11 is 0. The van der Waals surface area contributed by atoms with Crippen LogP contribution in [0.1, 0.15) is 35.5 Å². The number of rotatable bonds is 5. The van der Waals surface area contributed by atoms with E-state index in [-0.39, 0.29) is 5.91 Å². The summed E-state index contributed by atoms with van der Waals surface area (Å²) in [4.78, 5) is 19.1. The van der Waals surface area contributed by atoms with Gasteiger partial charge in [-0.25, -0.2) is 4.98 Å². The number of aromatic nitrogens is 1. The molecule has 0 unspecified atom stereocenters. The normalized spacial score (nSPS) is 15.7. The van der Waals surface area contributed by atoms with Crippen molar-refractivity contribution in [1.29, 1.82) is 0 Å². The van der Waals surface area contributed by atoms with Gasteiger partial charge in [0.15, 0.2) is 0 Å². The molecule has 1 aromatic carbocycles. The van der Waals surface area contributed by atoms with Crippen molar-refractivity contribution in [2.45, 2.75) is 26.2 Å². The van der Waals surface area contributed by atoms with Crippen LogP contribution < -0.4 is 5.32 Å². The van der Waals surface area contributed by atoms with E-state index < -0.39 is 0 Å². The van der Waals surface area contributed by atoms with Crippen molar-refractivity contribution in [3.8, 4) is 11.5 Å². The Morgan fingerprint density at radius 1 is 1.29 bits per heavy atom. The van der Waals surface area contributed by atoms with Gasteiger partial charge < -0.3 is 14.6 Å². The molecule has 1 fully saturated rings. The average molecular weight is 327 g/mol. The van der Waals surface area contributed by atoms with Crippen molar-refractivity contribution in [3.63, 3.8) is 0 Å². The molecule has 128 valence electrons. The molecular formula is C19H25N3O2. The second-order valence-corrected chi connectivity index (χ2v) is 6.43. The molecule has 3 rings (SSSR count). The zero-order valence-electron chi connectivity index (χ0n) is 14.4. The summed E-state index contributed by atoms with van der Waals surface area (Å²) in [6.07, 6.45) is 3.30. The third-order valence-electron chi connectivity index (χ3n) is 4.72. The largest absolute Gasteiger partial charge is 0.431 e. The first-order valence-electron chi connectivity index (χ1n) is 8.65. The third-order valence-corrected chi connectivity index (χ3v) is 4.72. The van der Waals surface area contributed by atoms with Gasteiger partial charge in [0.2, 0.25) is 11.7 Å². The van der Waals surface area contributed by atoms with Gasteiger partial charge in [0.1, 0.15) is 0 Å². The molecule has 0 spiro atoms. The Hall–Kier alpha value is -2.14. The highest BCUT2D eigenvalue weighted by Crippen LogP contribution is 2.25. The molecule has 1 aliphatic heterocycles. The predicted molar refractivity (Wildman–Crippen MR) is 93.8 cm³/mol. The summed E-state index contributed by atoms with van der Waals surface area (Å²) in [5, 5.41) is 3.20. The van der Waals surface area contributed by atoms with E-state index in [1.54, 1.807) is 0 Å². The maximum Gasteiger partial charge on any atom is 0.291 e. The minimum Gasteiger partial charge on any atom is -0.431 e. The SMILES string of the molecule is CNCCC1CCN(C(=O)c2oc(-c3ccccc3)nc2C)CC1. The molecule has 0 radical (unpaired) electrons. The number of amides is 1. The lowest BCUT2D eigenvalue weighted by Gasteiger charge is -2.31. The molecule has 0 saturated carbocycles. The van der Waals surface area contributed by atoms with Crippen LogP contribution in [0.25, 0.3) is 11.5 Å². The molecular weight excluding hydrogens is 302 g/mol. The molecule has 2 aromatic rings. The Labute approximate surface area is 143 Å². The fraction of sp³-hybridized carbons (Fsp3) is 0.474. The quantitative estimate of drug-likeness (QED) is 0.917. The van der Waals surface area contributed by atoms with Crippen LogP contribution in [0.5, 0.6) is 0 Å². The number of piperidine rings is 1. The molecule has 0 bridgehead atoms. The number of benzene rings is 1. The molecule has 5 heteroatoms. The topological polar surface area (TPSA) is 58.4 Å². The Morgan fingerprint density at radius 2 is 2.00 bits per heavy atom. The van der Waals surface area contributed by atoms with Crippen LogP contribution in [-0.2, 0) is 0 Å². The number of hydrogen-bond acceptors (Lipinski definition) is 4. The van der Waals surface area contributed by atoms with Crippen molar-refractivity contribution in [2.75, 3.05) is 26.7 Å². The van der Waals surface area contributed by atoms with Crippen LogP contribution >= 0.6 is 0 Å².